The lowest BCUT2D eigenvalue weighted by molar-refractivity contribution is 0.101. The van der Waals surface area contributed by atoms with E-state index in [9.17, 15) is 14.0 Å². The van der Waals surface area contributed by atoms with E-state index in [2.05, 4.69) is 25.4 Å². The lowest BCUT2D eigenvalue weighted by Gasteiger charge is -2.14. The molecule has 2 aromatic carbocycles. The fraction of sp³-hybridized carbons (Fsp3) is 0.172. The van der Waals surface area contributed by atoms with Crippen LogP contribution in [0, 0.1) is 5.82 Å². The summed E-state index contributed by atoms with van der Waals surface area (Å²) in [7, 11) is 3.07. The van der Waals surface area contributed by atoms with Crippen molar-refractivity contribution in [1.29, 1.82) is 0 Å². The van der Waals surface area contributed by atoms with E-state index in [1.54, 1.807) is 30.6 Å². The third kappa shape index (κ3) is 5.66. The number of nitrogens with one attached hydrogen (secondary N) is 1. The van der Waals surface area contributed by atoms with Crippen molar-refractivity contribution in [3.05, 3.63) is 89.0 Å². The SMILES string of the molecule is COc1cc2nccc(Oc3ncc(NC(=O)c4nn(C(C)C)cc(-c5ccc(F)cc5)c4=O)cn3)c2cc1OC. The molecule has 0 aliphatic rings. The van der Waals surface area contributed by atoms with Gasteiger partial charge in [-0.05, 0) is 43.7 Å². The Labute approximate surface area is 233 Å². The second-order valence-corrected chi connectivity index (χ2v) is 9.15. The lowest BCUT2D eigenvalue weighted by Crippen LogP contribution is -2.28. The van der Waals surface area contributed by atoms with Gasteiger partial charge in [0.05, 0.1) is 37.8 Å². The number of nitrogens with zero attached hydrogens (tertiary/aromatic N) is 5. The molecule has 41 heavy (non-hydrogen) atoms. The largest absolute Gasteiger partial charge is 0.493 e. The van der Waals surface area contributed by atoms with Crippen molar-refractivity contribution in [2.24, 2.45) is 0 Å². The maximum atomic E-state index is 13.4. The van der Waals surface area contributed by atoms with Crippen LogP contribution in [0.15, 0.2) is 72.0 Å². The van der Waals surface area contributed by atoms with E-state index in [0.29, 0.717) is 33.7 Å². The number of rotatable bonds is 8. The van der Waals surface area contributed by atoms with Crippen molar-refractivity contribution in [2.75, 3.05) is 19.5 Å². The monoisotopic (exact) mass is 556 g/mol. The summed E-state index contributed by atoms with van der Waals surface area (Å²) < 4.78 is 31.5. The van der Waals surface area contributed by atoms with Crippen LogP contribution < -0.4 is 25.0 Å². The second kappa shape index (κ2) is 11.4. The number of carbonyl (C=O) groups excluding carboxylic acids is 1. The summed E-state index contributed by atoms with van der Waals surface area (Å²) >= 11 is 0. The van der Waals surface area contributed by atoms with Crippen LogP contribution in [-0.2, 0) is 0 Å². The Bertz CT molecular complexity index is 1790. The minimum absolute atomic E-state index is 0.0175. The van der Waals surface area contributed by atoms with Gasteiger partial charge in [0.15, 0.2) is 17.2 Å². The van der Waals surface area contributed by atoms with Gasteiger partial charge in [-0.2, -0.15) is 5.10 Å². The van der Waals surface area contributed by atoms with Crippen LogP contribution in [0.4, 0.5) is 10.1 Å². The number of ether oxygens (including phenoxy) is 3. The highest BCUT2D eigenvalue weighted by molar-refractivity contribution is 6.03. The Morgan fingerprint density at radius 1 is 0.951 bits per heavy atom. The number of amides is 1. The lowest BCUT2D eigenvalue weighted by atomic mass is 10.1. The first-order chi connectivity index (χ1) is 19.8. The molecule has 3 heterocycles. The van der Waals surface area contributed by atoms with E-state index >= 15 is 0 Å². The van der Waals surface area contributed by atoms with Crippen LogP contribution in [0.2, 0.25) is 0 Å². The zero-order valence-corrected chi connectivity index (χ0v) is 22.6. The van der Waals surface area contributed by atoms with Crippen LogP contribution >= 0.6 is 0 Å². The summed E-state index contributed by atoms with van der Waals surface area (Å²) in [4.78, 5) is 39.0. The number of carbonyl (C=O) groups is 1. The van der Waals surface area contributed by atoms with Gasteiger partial charge in [0, 0.05) is 35.5 Å². The zero-order chi connectivity index (χ0) is 29.1. The molecular weight excluding hydrogens is 531 g/mol. The molecule has 1 amide bonds. The molecule has 208 valence electrons. The summed E-state index contributed by atoms with van der Waals surface area (Å²) in [6.45, 7) is 3.72. The van der Waals surface area contributed by atoms with Crippen LogP contribution in [0.3, 0.4) is 0 Å². The third-order valence-electron chi connectivity index (χ3n) is 6.13. The molecule has 0 fully saturated rings. The number of fused-ring (bicyclic) bond motifs is 1. The Kier molecular flexibility index (Phi) is 7.55. The number of methoxy groups -OCH3 is 2. The third-order valence-corrected chi connectivity index (χ3v) is 6.13. The molecule has 1 N–H and O–H groups in total. The number of halogens is 1. The first-order valence-electron chi connectivity index (χ1n) is 12.5. The predicted octanol–water partition coefficient (Wildman–Crippen LogP) is 5.03. The van der Waals surface area contributed by atoms with Crippen molar-refractivity contribution in [3.63, 3.8) is 0 Å². The first-order valence-corrected chi connectivity index (χ1v) is 12.5. The van der Waals surface area contributed by atoms with Crippen LogP contribution in [0.25, 0.3) is 22.0 Å². The van der Waals surface area contributed by atoms with Gasteiger partial charge < -0.3 is 19.5 Å². The highest BCUT2D eigenvalue weighted by Crippen LogP contribution is 2.36. The Morgan fingerprint density at radius 3 is 2.29 bits per heavy atom. The van der Waals surface area contributed by atoms with E-state index in [1.165, 1.54) is 55.6 Å². The van der Waals surface area contributed by atoms with Gasteiger partial charge in [0.1, 0.15) is 11.6 Å². The van der Waals surface area contributed by atoms with E-state index in [-0.39, 0.29) is 29.0 Å². The van der Waals surface area contributed by atoms with Crippen molar-refractivity contribution >= 4 is 22.5 Å². The topological polar surface area (TPSA) is 130 Å². The zero-order valence-electron chi connectivity index (χ0n) is 22.6. The van der Waals surface area contributed by atoms with Gasteiger partial charge in [0.2, 0.25) is 5.43 Å². The molecule has 5 aromatic rings. The molecule has 12 heteroatoms. The minimum atomic E-state index is -0.744. The number of aromatic nitrogens is 5. The Morgan fingerprint density at radius 2 is 1.63 bits per heavy atom. The van der Waals surface area contributed by atoms with Crippen LogP contribution in [-0.4, -0.2) is 44.9 Å². The summed E-state index contributed by atoms with van der Waals surface area (Å²) in [5.41, 5.74) is 0.603. The molecule has 0 aliphatic heterocycles. The molecule has 5 rings (SSSR count). The molecule has 3 aromatic heterocycles. The average Bonchev–Trinajstić information content (AvgIpc) is 2.98. The molecule has 0 radical (unpaired) electrons. The summed E-state index contributed by atoms with van der Waals surface area (Å²) in [6, 6.07) is 10.4. The molecule has 11 nitrogen and oxygen atoms in total. The van der Waals surface area contributed by atoms with Crippen molar-refractivity contribution in [1.82, 2.24) is 24.7 Å². The number of benzene rings is 2. The normalized spacial score (nSPS) is 11.0. The average molecular weight is 557 g/mol. The second-order valence-electron chi connectivity index (χ2n) is 9.15. The van der Waals surface area contributed by atoms with Gasteiger partial charge >= 0.3 is 6.01 Å². The Balaban J connectivity index is 1.39. The van der Waals surface area contributed by atoms with Crippen LogP contribution in [0.5, 0.6) is 23.3 Å². The van der Waals surface area contributed by atoms with E-state index < -0.39 is 17.2 Å². The highest BCUT2D eigenvalue weighted by Gasteiger charge is 2.20. The van der Waals surface area contributed by atoms with E-state index in [1.807, 2.05) is 13.8 Å². The fourth-order valence-electron chi connectivity index (χ4n) is 4.01. The van der Waals surface area contributed by atoms with Gasteiger partial charge in [-0.15, -0.1) is 0 Å². The molecular formula is C29H25FN6O5. The molecule has 0 atom stereocenters. The summed E-state index contributed by atoms with van der Waals surface area (Å²) in [5.74, 6) is 0.286. The van der Waals surface area contributed by atoms with Gasteiger partial charge in [-0.1, -0.05) is 12.1 Å². The molecule has 0 saturated carbocycles. The van der Waals surface area contributed by atoms with Crippen molar-refractivity contribution in [2.45, 2.75) is 19.9 Å². The number of anilines is 1. The van der Waals surface area contributed by atoms with E-state index in [0.717, 1.165) is 0 Å². The van der Waals surface area contributed by atoms with E-state index in [4.69, 9.17) is 14.2 Å². The Hall–Kier alpha value is -5.39. The van der Waals surface area contributed by atoms with Crippen molar-refractivity contribution in [3.8, 4) is 34.4 Å². The predicted molar refractivity (Wildman–Crippen MR) is 149 cm³/mol. The maximum absolute atomic E-state index is 13.4. The summed E-state index contributed by atoms with van der Waals surface area (Å²) in [5, 5.41) is 7.49. The molecule has 0 aliphatic carbocycles. The smallest absolute Gasteiger partial charge is 0.322 e. The fourth-order valence-corrected chi connectivity index (χ4v) is 4.01. The maximum Gasteiger partial charge on any atom is 0.322 e. The quantitative estimate of drug-likeness (QED) is 0.280. The number of pyridine rings is 1. The minimum Gasteiger partial charge on any atom is -0.493 e. The first kappa shape index (κ1) is 27.2. The van der Waals surface area contributed by atoms with Gasteiger partial charge in [-0.3, -0.25) is 19.3 Å². The number of hydrogen-bond donors (Lipinski definition) is 1. The van der Waals surface area contributed by atoms with Gasteiger partial charge in [0.25, 0.3) is 5.91 Å². The number of hydrogen-bond acceptors (Lipinski definition) is 9. The molecule has 0 bridgehead atoms. The van der Waals surface area contributed by atoms with Crippen molar-refractivity contribution < 1.29 is 23.4 Å². The van der Waals surface area contributed by atoms with Gasteiger partial charge in [-0.25, -0.2) is 14.4 Å². The molecule has 0 saturated heterocycles. The molecule has 0 spiro atoms. The molecule has 0 unspecified atom stereocenters. The standard InChI is InChI=1S/C29H25FN6O5/c1-16(2)36-15-21(17-5-7-18(30)8-6-17)27(37)26(35-36)28(38)34-19-13-32-29(33-14-19)41-23-9-10-31-22-12-25(40-4)24(39-3)11-20(22)23/h5-16H,1-4H3,(H,34,38). The highest BCUT2D eigenvalue weighted by atomic mass is 19.1. The van der Waals surface area contributed by atoms with Crippen LogP contribution in [0.1, 0.15) is 30.4 Å². The summed E-state index contributed by atoms with van der Waals surface area (Å²) in [6.07, 6.45) is 5.81.